The number of Topliss-reactive ketones (excluding diaryl/α,β-unsaturated/α-hetero) is 6. The first kappa shape index (κ1) is 98.7. The van der Waals surface area contributed by atoms with Gasteiger partial charge in [-0.05, 0) is 142 Å². The van der Waals surface area contributed by atoms with Crippen LogP contribution in [0.1, 0.15) is 368 Å². The van der Waals surface area contributed by atoms with Gasteiger partial charge in [0.25, 0.3) is 17.3 Å². The third-order valence-corrected chi connectivity index (χ3v) is 30.7. The second kappa shape index (κ2) is 42.8. The predicted molar refractivity (Wildman–Crippen MR) is 480 cm³/mol. The number of fused-ring (bicyclic) bond motifs is 7. The standard InChI is InChI=1S/2C15H28NO.C14H23N2O2.2C14H23N2O.C14H22NOS.C12H19N2OS/c1-12(2)14(17)11-15-7-5-9-16(15,13(3)4)10-6-8-15;1-11(2)15(17)10-13-7-9-16(12(3)4)8-5-6-14(13)16;1-10(2)13(17)7-12-8-16(11(3)4)14-9-18-6-5-15(12)14;1-9(2)14(17)13-11-7-6-8-12(11)16(10(3)4)15(13)5;1-10(2)13(17)8-12-9-16(11(3)4)14-6-5-7-15(12)14;1-9(2)13(16)8-14-11-6-5-7-12(11)15(17-14)10(3)4;1-8(2)11(15)13-6-5-10-7-14(9(3)4)16-12(10)13/h12-13H,5-11H2,1-4H3;11-14H,5-10H2,1-4H3;8,10-11H,5-7,9H2,1-4H3;9-10H,6-8H2,1-5H3;9-11H,5-8H2,1-4H3;9-10H,5-8H2,1-4H3;7-9H,5-6H2,1-4H3/q7*+1. The van der Waals surface area contributed by atoms with Gasteiger partial charge < -0.3 is 13.7 Å². The summed E-state index contributed by atoms with van der Waals surface area (Å²) in [6, 6.07) is 4.51. The Morgan fingerprint density at radius 2 is 1.06 bits per heavy atom. The summed E-state index contributed by atoms with van der Waals surface area (Å²) in [6.45, 7) is 68.7. The number of aromatic nitrogens is 8. The molecule has 7 aliphatic heterocycles. The molecule has 0 spiro atoms. The minimum atomic E-state index is 0.0777. The highest BCUT2D eigenvalue weighted by Gasteiger charge is 2.60. The van der Waals surface area contributed by atoms with Crippen LogP contribution in [0.3, 0.4) is 0 Å². The van der Waals surface area contributed by atoms with Crippen molar-refractivity contribution in [3.63, 3.8) is 0 Å². The van der Waals surface area contributed by atoms with Gasteiger partial charge in [0.2, 0.25) is 11.7 Å². The second-order valence-corrected chi connectivity index (χ2v) is 42.7. The van der Waals surface area contributed by atoms with E-state index in [9.17, 15) is 33.6 Å². The summed E-state index contributed by atoms with van der Waals surface area (Å²) >= 11 is 3.52. The Morgan fingerprint density at radius 1 is 0.504 bits per heavy atom. The van der Waals surface area contributed by atoms with Crippen molar-refractivity contribution in [3.05, 3.63) is 80.3 Å². The van der Waals surface area contributed by atoms with Crippen LogP contribution in [-0.2, 0) is 118 Å². The maximum absolute atomic E-state index is 12.3. The van der Waals surface area contributed by atoms with Gasteiger partial charge in [-0.2, -0.15) is 4.68 Å². The molecule has 21 heteroatoms. The lowest BCUT2D eigenvalue weighted by Gasteiger charge is -2.47. The molecule has 4 saturated heterocycles. The van der Waals surface area contributed by atoms with Gasteiger partial charge in [-0.3, -0.25) is 38.5 Å². The fourth-order valence-corrected chi connectivity index (χ4v) is 23.2. The highest BCUT2D eigenvalue weighted by molar-refractivity contribution is 7.07. The summed E-state index contributed by atoms with van der Waals surface area (Å²) < 4.78 is 26.2. The van der Waals surface area contributed by atoms with Gasteiger partial charge in [0.1, 0.15) is 77.2 Å². The molecule has 0 bridgehead atoms. The highest BCUT2D eigenvalue weighted by Crippen LogP contribution is 2.51. The zero-order chi connectivity index (χ0) is 88.4. The van der Waals surface area contributed by atoms with Crippen LogP contribution in [0.2, 0.25) is 0 Å². The van der Waals surface area contributed by atoms with E-state index in [4.69, 9.17) is 4.74 Å². The summed E-state index contributed by atoms with van der Waals surface area (Å²) in [5.41, 5.74) is 10.6. The average Bonchev–Trinajstić information content (AvgIpc) is 1.57. The summed E-state index contributed by atoms with van der Waals surface area (Å²) in [7, 11) is 2.02. The van der Waals surface area contributed by atoms with Gasteiger partial charge in [0, 0.05) is 124 Å². The number of rotatable bonds is 25. The lowest BCUT2D eigenvalue weighted by molar-refractivity contribution is -0.970. The van der Waals surface area contributed by atoms with E-state index < -0.39 is 0 Å². The lowest BCUT2D eigenvalue weighted by atomic mass is 9.84. The molecule has 2 aliphatic carbocycles. The molecule has 5 aromatic rings. The number of hydrogen-bond donors (Lipinski definition) is 0. The van der Waals surface area contributed by atoms with Gasteiger partial charge in [-0.1, -0.05) is 96.9 Å². The molecule has 3 unspecified atom stereocenters. The zero-order valence-corrected chi connectivity index (χ0v) is 81.8. The number of ketones is 6. The number of nitrogens with zero attached hydrogens (tertiary/aromatic N) is 11. The van der Waals surface area contributed by atoms with Crippen molar-refractivity contribution in [2.45, 2.75) is 402 Å². The van der Waals surface area contributed by atoms with Crippen LogP contribution in [0.4, 0.5) is 5.00 Å². The van der Waals surface area contributed by atoms with Crippen molar-refractivity contribution in [3.8, 4) is 0 Å². The van der Waals surface area contributed by atoms with Crippen molar-refractivity contribution < 1.29 is 69.0 Å². The Kier molecular flexibility index (Phi) is 35.5. The molecule has 0 saturated carbocycles. The minimum Gasteiger partial charge on any atom is -0.365 e. The van der Waals surface area contributed by atoms with E-state index in [0.717, 1.165) is 93.2 Å². The topological polar surface area (TPSA) is 166 Å². The predicted octanol–water partition coefficient (Wildman–Crippen LogP) is 17.1. The number of hydrogen-bond acceptors (Lipinski definition) is 10. The first-order valence-electron chi connectivity index (χ1n) is 47.1. The number of quaternary nitrogens is 2. The molecule has 19 nitrogen and oxygen atoms in total. The van der Waals surface area contributed by atoms with Crippen LogP contribution >= 0.6 is 23.1 Å². The second-order valence-electron chi connectivity index (χ2n) is 40.7. The van der Waals surface area contributed by atoms with E-state index in [-0.39, 0.29) is 53.1 Å². The maximum atomic E-state index is 12.3. The first-order valence-corrected chi connectivity index (χ1v) is 48.7. The van der Waals surface area contributed by atoms with Crippen LogP contribution < -0.4 is 26.6 Å². The Balaban J connectivity index is 0.000000173. The first-order chi connectivity index (χ1) is 55.9. The van der Waals surface area contributed by atoms with E-state index in [2.05, 4.69) is 151 Å². The molecule has 1 amide bonds. The third-order valence-electron chi connectivity index (χ3n) is 27.8. The van der Waals surface area contributed by atoms with Crippen LogP contribution in [0, 0.1) is 47.3 Å². The average molecular weight is 1690 g/mol. The van der Waals surface area contributed by atoms with E-state index in [1.54, 1.807) is 11.5 Å². The molecule has 12 heterocycles. The fraction of sp³-hybridized carbons (Fsp3) is 0.776. The van der Waals surface area contributed by atoms with Gasteiger partial charge in [-0.25, -0.2) is 18.3 Å². The van der Waals surface area contributed by atoms with Crippen LogP contribution in [0.25, 0.3) is 0 Å². The van der Waals surface area contributed by atoms with Gasteiger partial charge in [-0.15, -0.1) is 12.6 Å². The molecule has 3 atom stereocenters. The molecule has 14 rings (SSSR count). The molecule has 0 aromatic carbocycles. The van der Waals surface area contributed by atoms with Gasteiger partial charge >= 0.3 is 0 Å². The zero-order valence-electron chi connectivity index (χ0n) is 80.2. The molecule has 0 N–H and O–H groups in total. The summed E-state index contributed by atoms with van der Waals surface area (Å²) in [5.74, 6) is 6.74. The summed E-state index contributed by atoms with van der Waals surface area (Å²) in [6.07, 6.45) is 29.5. The van der Waals surface area contributed by atoms with E-state index in [0.29, 0.717) is 102 Å². The Hall–Kier alpha value is -5.74. The van der Waals surface area contributed by atoms with Crippen molar-refractivity contribution in [1.82, 2.24) is 13.8 Å². The maximum Gasteiger partial charge on any atom is 0.283 e. The SMILES string of the molecule is CC(C)C(=O)CC12CCC[N+]1(C(C)C)CCC2.CC(C)C(=O)CC1CC[N+]2(C(C)C)CCCC12.CC(C)C(=O)Cc1c[n+](C(C)C)c2n1CCC2.CC(C)C(=O)Cc1c[n+](C(C)C)c2n1CCOC2.CC(C)C(=O)Cc1s[n+](C(C)C)c2c1CCC2.CC(C)C(=O)N1CCc2c[n+](C(C)C)sc21.CC(C)C(=O)c1c2c(n(C(C)C)[n+]1C)CCC2. The van der Waals surface area contributed by atoms with Crippen LogP contribution in [0.15, 0.2) is 18.6 Å². The fourth-order valence-electron chi connectivity index (χ4n) is 20.8. The van der Waals surface area contributed by atoms with Gasteiger partial charge in [0.05, 0.1) is 123 Å². The number of carbonyl (C=O) groups is 7. The Morgan fingerprint density at radius 3 is 1.58 bits per heavy atom. The van der Waals surface area contributed by atoms with E-state index in [1.165, 1.54) is 162 Å². The van der Waals surface area contributed by atoms with Crippen molar-refractivity contribution in [2.75, 3.05) is 44.2 Å². The van der Waals surface area contributed by atoms with Crippen LogP contribution in [0.5, 0.6) is 0 Å². The third kappa shape index (κ3) is 22.7. The highest BCUT2D eigenvalue weighted by atomic mass is 32.1. The number of ether oxygens (including phenoxy) is 1. The molecular weight excluding hydrogens is 1520 g/mol. The Labute approximate surface area is 728 Å². The van der Waals surface area contributed by atoms with E-state index in [1.807, 2.05) is 120 Å². The van der Waals surface area contributed by atoms with Crippen molar-refractivity contribution >= 4 is 68.7 Å². The molecule has 666 valence electrons. The largest absolute Gasteiger partial charge is 0.365 e. The van der Waals surface area contributed by atoms with Crippen LogP contribution in [-0.4, -0.2) is 126 Å². The lowest BCUT2D eigenvalue weighted by Crippen LogP contribution is -2.61. The molecule has 5 aromatic heterocycles. The van der Waals surface area contributed by atoms with Gasteiger partial charge in [0.15, 0.2) is 53.2 Å². The monoisotopic (exact) mass is 1690 g/mol. The molecule has 119 heavy (non-hydrogen) atoms. The quantitative estimate of drug-likeness (QED) is 0.0316. The molecule has 9 aliphatic rings. The number of amides is 1. The normalized spacial score (nSPS) is 21.2. The number of carbonyl (C=O) groups excluding carboxylic acids is 7. The molecular formula is C98H166N11O8S2+7. The summed E-state index contributed by atoms with van der Waals surface area (Å²) in [4.78, 5) is 87.4. The minimum absolute atomic E-state index is 0.0777. The van der Waals surface area contributed by atoms with Crippen molar-refractivity contribution in [1.29, 1.82) is 0 Å². The molecule has 4 fully saturated rings. The van der Waals surface area contributed by atoms with Crippen molar-refractivity contribution in [2.24, 2.45) is 54.4 Å². The molecule has 0 radical (unpaired) electrons. The smallest absolute Gasteiger partial charge is 0.283 e. The number of anilines is 1. The summed E-state index contributed by atoms with van der Waals surface area (Å²) in [5, 5.41) is 1.16. The van der Waals surface area contributed by atoms with E-state index >= 15 is 0 Å². The number of imidazole rings is 2. The Bertz CT molecular complexity index is 4180.